The molecular weight excluding hydrogens is 757 g/mol. The Morgan fingerprint density at radius 3 is 1.67 bits per heavy atom. The number of nitrogens with two attached hydrogens (primary N) is 2. The van der Waals surface area contributed by atoms with E-state index in [0.717, 1.165) is 11.1 Å². The van der Waals surface area contributed by atoms with Crippen molar-refractivity contribution in [3.05, 3.63) is 71.8 Å². The Bertz CT molecular complexity index is 1670. The monoisotopic (exact) mass is 808 g/mol. The summed E-state index contributed by atoms with van der Waals surface area (Å²) in [6.07, 6.45) is -4.62. The Labute approximate surface area is 327 Å². The molecule has 19 heteroatoms. The zero-order valence-electron chi connectivity index (χ0n) is 31.7. The summed E-state index contributed by atoms with van der Waals surface area (Å²) in [6.45, 7) is 3.82. The number of halogens is 3. The smallest absolute Gasteiger partial charge is 0.481 e. The number of carboxylic acid groups (broad SMARTS) is 3. The van der Waals surface area contributed by atoms with Crippen molar-refractivity contribution < 1.29 is 62.1 Å². The number of likely N-dealkylation sites (tertiary alicyclic amines) is 1. The number of hydrogen-bond acceptors (Lipinski definition) is 9. The van der Waals surface area contributed by atoms with E-state index in [0.29, 0.717) is 0 Å². The lowest BCUT2D eigenvalue weighted by Gasteiger charge is -2.38. The number of benzene rings is 2. The summed E-state index contributed by atoms with van der Waals surface area (Å²) in [5.41, 5.74) is 12.4. The van der Waals surface area contributed by atoms with Gasteiger partial charge >= 0.3 is 24.1 Å². The summed E-state index contributed by atoms with van der Waals surface area (Å²) in [6, 6.07) is 14.1. The van der Waals surface area contributed by atoms with Gasteiger partial charge in [-0.25, -0.2) is 4.79 Å². The van der Waals surface area contributed by atoms with E-state index < -0.39 is 77.4 Å². The molecule has 0 bridgehead atoms. The fourth-order valence-electron chi connectivity index (χ4n) is 5.82. The fourth-order valence-corrected chi connectivity index (χ4v) is 5.82. The minimum absolute atomic E-state index is 0.00834. The van der Waals surface area contributed by atoms with Crippen molar-refractivity contribution in [2.75, 3.05) is 13.1 Å². The van der Waals surface area contributed by atoms with E-state index in [2.05, 4.69) is 16.0 Å². The second-order valence-corrected chi connectivity index (χ2v) is 14.2. The third-order valence-corrected chi connectivity index (χ3v) is 9.02. The molecule has 4 atom stereocenters. The molecule has 0 spiro atoms. The van der Waals surface area contributed by atoms with Crippen LogP contribution in [0.3, 0.4) is 0 Å². The number of hydrogen-bond donors (Lipinski definition) is 8. The average Bonchev–Trinajstić information content (AvgIpc) is 3.14. The van der Waals surface area contributed by atoms with Gasteiger partial charge in [-0.1, -0.05) is 74.5 Å². The number of carbonyl (C=O) groups excluding carboxylic acids is 4. The molecule has 0 saturated carbocycles. The van der Waals surface area contributed by atoms with E-state index in [1.165, 1.54) is 4.90 Å². The second-order valence-electron chi connectivity index (χ2n) is 14.2. The van der Waals surface area contributed by atoms with Gasteiger partial charge in [-0.2, -0.15) is 13.2 Å². The van der Waals surface area contributed by atoms with E-state index in [4.69, 9.17) is 21.4 Å². The maximum atomic E-state index is 13.8. The lowest BCUT2D eigenvalue weighted by atomic mass is 9.88. The van der Waals surface area contributed by atoms with Gasteiger partial charge < -0.3 is 47.6 Å². The molecule has 1 aliphatic rings. The van der Waals surface area contributed by atoms with E-state index in [1.54, 1.807) is 12.1 Å². The van der Waals surface area contributed by atoms with Crippen LogP contribution in [-0.2, 0) is 46.4 Å². The molecule has 57 heavy (non-hydrogen) atoms. The maximum Gasteiger partial charge on any atom is 0.490 e. The Balaban J connectivity index is 0.00000146. The first-order chi connectivity index (χ1) is 26.6. The molecule has 3 rings (SSSR count). The third kappa shape index (κ3) is 16.6. The van der Waals surface area contributed by atoms with Gasteiger partial charge in [0.05, 0.1) is 6.04 Å². The van der Waals surface area contributed by atoms with Crippen LogP contribution in [0.4, 0.5) is 13.2 Å². The normalized spacial score (nSPS) is 15.8. The van der Waals surface area contributed by atoms with Crippen LogP contribution < -0.4 is 27.4 Å². The van der Waals surface area contributed by atoms with Crippen molar-refractivity contribution >= 4 is 41.5 Å². The maximum absolute atomic E-state index is 13.8. The summed E-state index contributed by atoms with van der Waals surface area (Å²) in [4.78, 5) is 87.6. The minimum atomic E-state index is -5.08. The van der Waals surface area contributed by atoms with Crippen LogP contribution in [0, 0.1) is 5.92 Å². The quantitative estimate of drug-likeness (QED) is 0.107. The molecule has 314 valence electrons. The summed E-state index contributed by atoms with van der Waals surface area (Å²) >= 11 is 0. The van der Waals surface area contributed by atoms with Gasteiger partial charge in [-0.3, -0.25) is 28.8 Å². The third-order valence-electron chi connectivity index (χ3n) is 9.02. The highest BCUT2D eigenvalue weighted by Gasteiger charge is 2.41. The fraction of sp³-hybridized carbons (Fsp3) is 0.500. The van der Waals surface area contributed by atoms with Crippen LogP contribution in [0.25, 0.3) is 0 Å². The van der Waals surface area contributed by atoms with Gasteiger partial charge in [0.25, 0.3) is 0 Å². The van der Waals surface area contributed by atoms with Gasteiger partial charge in [0.2, 0.25) is 23.6 Å². The number of nitrogens with zero attached hydrogens (tertiary/aromatic N) is 1. The summed E-state index contributed by atoms with van der Waals surface area (Å²) < 4.78 is 31.7. The van der Waals surface area contributed by atoms with Crippen molar-refractivity contribution in [2.24, 2.45) is 17.4 Å². The Morgan fingerprint density at radius 1 is 0.754 bits per heavy atom. The molecule has 0 radical (unpaired) electrons. The van der Waals surface area contributed by atoms with Gasteiger partial charge in [0, 0.05) is 25.9 Å². The van der Waals surface area contributed by atoms with Crippen molar-refractivity contribution in [1.82, 2.24) is 20.9 Å². The van der Waals surface area contributed by atoms with Crippen LogP contribution in [0.5, 0.6) is 0 Å². The van der Waals surface area contributed by atoms with E-state index in [-0.39, 0.29) is 70.4 Å². The molecule has 4 amide bonds. The number of rotatable bonds is 18. The zero-order valence-corrected chi connectivity index (χ0v) is 31.7. The molecule has 0 aromatic heterocycles. The molecule has 1 saturated heterocycles. The number of amides is 4. The lowest BCUT2D eigenvalue weighted by molar-refractivity contribution is -0.192. The van der Waals surface area contributed by atoms with Crippen LogP contribution in [0.1, 0.15) is 63.5 Å². The topological polar surface area (TPSA) is 272 Å². The van der Waals surface area contributed by atoms with Gasteiger partial charge in [-0.05, 0) is 55.6 Å². The Kier molecular flexibility index (Phi) is 18.6. The number of alkyl halides is 3. The summed E-state index contributed by atoms with van der Waals surface area (Å²) in [5.74, 6) is -7.35. The van der Waals surface area contributed by atoms with Gasteiger partial charge in [0.15, 0.2) is 0 Å². The Morgan fingerprint density at radius 2 is 1.21 bits per heavy atom. The van der Waals surface area contributed by atoms with E-state index in [1.807, 2.05) is 62.4 Å². The first-order valence-electron chi connectivity index (χ1n) is 18.2. The number of aliphatic carboxylic acids is 3. The predicted octanol–water partition coefficient (Wildman–Crippen LogP) is 1.59. The molecule has 0 unspecified atom stereocenters. The van der Waals surface area contributed by atoms with Gasteiger partial charge in [-0.15, -0.1) is 0 Å². The number of nitrogens with one attached hydrogen (secondary N) is 3. The largest absolute Gasteiger partial charge is 0.490 e. The molecule has 1 aliphatic heterocycles. The van der Waals surface area contributed by atoms with E-state index >= 15 is 0 Å². The average molecular weight is 809 g/mol. The van der Waals surface area contributed by atoms with E-state index in [9.17, 15) is 52.2 Å². The zero-order chi connectivity index (χ0) is 42.9. The first kappa shape index (κ1) is 47.6. The molecular formula is C38H51F3N6O10. The number of carboxylic acids is 3. The highest BCUT2D eigenvalue weighted by molar-refractivity contribution is 5.95. The van der Waals surface area contributed by atoms with Crippen LogP contribution >= 0.6 is 0 Å². The predicted molar refractivity (Wildman–Crippen MR) is 199 cm³/mol. The second kappa shape index (κ2) is 22.2. The first-order valence-corrected chi connectivity index (χ1v) is 18.2. The minimum Gasteiger partial charge on any atom is -0.481 e. The molecule has 2 aromatic carbocycles. The Hall–Kier alpha value is -5.56. The highest BCUT2D eigenvalue weighted by atomic mass is 19.4. The highest BCUT2D eigenvalue weighted by Crippen LogP contribution is 2.22. The van der Waals surface area contributed by atoms with Crippen molar-refractivity contribution in [1.29, 1.82) is 0 Å². The summed E-state index contributed by atoms with van der Waals surface area (Å²) in [5, 5.41) is 34.0. The lowest BCUT2D eigenvalue weighted by Crippen LogP contribution is -2.60. The van der Waals surface area contributed by atoms with Crippen LogP contribution in [0.15, 0.2) is 60.7 Å². The SMILES string of the molecule is CC(C)C[C@@H](NC(=O)[C@@H](Cc1ccccc1)NC(=O)[C@H](N)Cc1ccccc1)C(=O)N[C@H](CCCC(=O)O)C(=O)N1CCC(N)(C(=O)O)CC1.O=C(O)C(F)(F)F. The molecule has 2 aromatic rings. The summed E-state index contributed by atoms with van der Waals surface area (Å²) in [7, 11) is 0. The molecule has 0 aliphatic carbocycles. The van der Waals surface area contributed by atoms with Crippen molar-refractivity contribution in [3.63, 3.8) is 0 Å². The molecule has 1 fully saturated rings. The molecule has 16 nitrogen and oxygen atoms in total. The van der Waals surface area contributed by atoms with Gasteiger partial charge in [0.1, 0.15) is 23.7 Å². The standard InChI is InChI=1S/C36H50N6O8.C2HF3O2/c1-23(2)20-28(32(46)39-27(14-9-15-30(43)44)34(48)42-18-16-36(38,17-19-42)35(49)50)41-33(47)29(22-25-12-7-4-8-13-25)40-31(45)26(37)21-24-10-5-3-6-11-24;3-2(4,5)1(6)7/h3-8,10-13,23,26-29H,9,14-22,37-38H2,1-2H3,(H,39,46)(H,40,45)(H,41,47)(H,43,44)(H,49,50);(H,6,7)/t26-,27-,28-,29-;/m1./s1. The van der Waals surface area contributed by atoms with Crippen molar-refractivity contribution in [2.45, 2.75) is 101 Å². The number of carbonyl (C=O) groups is 7. The molecule has 10 N–H and O–H groups in total. The van der Waals surface area contributed by atoms with Crippen LogP contribution in [-0.4, -0.2) is 111 Å². The van der Waals surface area contributed by atoms with Crippen molar-refractivity contribution in [3.8, 4) is 0 Å². The van der Waals surface area contributed by atoms with Crippen LogP contribution in [0.2, 0.25) is 0 Å². The molecule has 1 heterocycles. The number of piperidine rings is 1.